The predicted octanol–water partition coefficient (Wildman–Crippen LogP) is 3.79. The van der Waals surface area contributed by atoms with E-state index in [1.807, 2.05) is 7.05 Å². The van der Waals surface area contributed by atoms with E-state index < -0.39 is 0 Å². The fourth-order valence-electron chi connectivity index (χ4n) is 1.74. The van der Waals surface area contributed by atoms with Crippen LogP contribution in [-0.4, -0.2) is 7.05 Å². The van der Waals surface area contributed by atoms with Gasteiger partial charge in [0.15, 0.2) is 0 Å². The molecule has 1 aromatic rings. The van der Waals surface area contributed by atoms with Gasteiger partial charge in [-0.2, -0.15) is 0 Å². The molecule has 0 aliphatic heterocycles. The van der Waals surface area contributed by atoms with Crippen LogP contribution in [0.25, 0.3) is 0 Å². The molecule has 84 valence electrons. The van der Waals surface area contributed by atoms with Crippen molar-refractivity contribution in [1.29, 1.82) is 0 Å². The summed E-state index contributed by atoms with van der Waals surface area (Å²) >= 11 is 5.72. The van der Waals surface area contributed by atoms with Gasteiger partial charge in [0, 0.05) is 16.6 Å². The molecule has 0 amide bonds. The highest BCUT2D eigenvalue weighted by atomic mass is 35.5. The Hall–Kier alpha value is -0.600. The quantitative estimate of drug-likeness (QED) is 0.829. The van der Waals surface area contributed by atoms with E-state index in [-0.39, 0.29) is 11.9 Å². The third-order valence-corrected chi connectivity index (χ3v) is 3.06. The van der Waals surface area contributed by atoms with Crippen LogP contribution in [0.1, 0.15) is 31.9 Å². The third-order valence-electron chi connectivity index (χ3n) is 2.82. The van der Waals surface area contributed by atoms with Crippen molar-refractivity contribution in [3.05, 3.63) is 34.6 Å². The van der Waals surface area contributed by atoms with Crippen molar-refractivity contribution in [3.63, 3.8) is 0 Å². The van der Waals surface area contributed by atoms with Gasteiger partial charge in [0.05, 0.1) is 0 Å². The molecule has 0 aliphatic carbocycles. The maximum atomic E-state index is 13.7. The summed E-state index contributed by atoms with van der Waals surface area (Å²) < 4.78 is 13.7. The Morgan fingerprint density at radius 1 is 1.47 bits per heavy atom. The Kier molecular flexibility index (Phi) is 4.55. The lowest BCUT2D eigenvalue weighted by Crippen LogP contribution is -2.24. The summed E-state index contributed by atoms with van der Waals surface area (Å²) in [7, 11) is 1.85. The normalized spacial score (nSPS) is 15.0. The van der Waals surface area contributed by atoms with Crippen LogP contribution in [0.15, 0.2) is 18.2 Å². The average Bonchev–Trinajstić information content (AvgIpc) is 2.21. The standard InChI is InChI=1S/C12H17ClFN/c1-4-8(2)12(15-3)10-6-5-9(13)7-11(10)14/h5-8,12,15H,4H2,1-3H3. The Morgan fingerprint density at radius 2 is 2.13 bits per heavy atom. The molecule has 1 rings (SSSR count). The van der Waals surface area contributed by atoms with Gasteiger partial charge in [-0.3, -0.25) is 0 Å². The predicted molar refractivity (Wildman–Crippen MR) is 62.7 cm³/mol. The zero-order valence-corrected chi connectivity index (χ0v) is 10.1. The summed E-state index contributed by atoms with van der Waals surface area (Å²) in [6, 6.07) is 4.90. The molecule has 0 bridgehead atoms. The Labute approximate surface area is 95.6 Å². The van der Waals surface area contributed by atoms with Crippen LogP contribution in [0, 0.1) is 11.7 Å². The second kappa shape index (κ2) is 5.47. The van der Waals surface area contributed by atoms with Crippen LogP contribution in [0.2, 0.25) is 5.02 Å². The fourth-order valence-corrected chi connectivity index (χ4v) is 1.89. The van der Waals surface area contributed by atoms with Crippen LogP contribution in [-0.2, 0) is 0 Å². The van der Waals surface area contributed by atoms with Crippen LogP contribution >= 0.6 is 11.6 Å². The molecule has 2 atom stereocenters. The smallest absolute Gasteiger partial charge is 0.129 e. The van der Waals surface area contributed by atoms with Crippen molar-refractivity contribution in [2.45, 2.75) is 26.3 Å². The Morgan fingerprint density at radius 3 is 2.60 bits per heavy atom. The van der Waals surface area contributed by atoms with E-state index in [2.05, 4.69) is 19.2 Å². The first-order valence-electron chi connectivity index (χ1n) is 5.22. The molecule has 15 heavy (non-hydrogen) atoms. The molecule has 0 aromatic heterocycles. The lowest BCUT2D eigenvalue weighted by molar-refractivity contribution is 0.387. The third kappa shape index (κ3) is 2.93. The summed E-state index contributed by atoms with van der Waals surface area (Å²) in [5, 5.41) is 3.59. The average molecular weight is 230 g/mol. The summed E-state index contributed by atoms with van der Waals surface area (Å²) in [5.41, 5.74) is 0.691. The van der Waals surface area contributed by atoms with E-state index in [1.54, 1.807) is 12.1 Å². The molecule has 0 spiro atoms. The van der Waals surface area contributed by atoms with E-state index >= 15 is 0 Å². The number of halogens is 2. The van der Waals surface area contributed by atoms with Crippen molar-refractivity contribution in [2.24, 2.45) is 5.92 Å². The zero-order valence-electron chi connectivity index (χ0n) is 9.35. The largest absolute Gasteiger partial charge is 0.313 e. The van der Waals surface area contributed by atoms with Gasteiger partial charge in [0.1, 0.15) is 5.82 Å². The molecule has 0 aliphatic rings. The van der Waals surface area contributed by atoms with Crippen LogP contribution in [0.4, 0.5) is 4.39 Å². The molecule has 3 heteroatoms. The number of rotatable bonds is 4. The van der Waals surface area contributed by atoms with E-state index in [0.717, 1.165) is 6.42 Å². The summed E-state index contributed by atoms with van der Waals surface area (Å²) in [6.45, 7) is 4.21. The maximum Gasteiger partial charge on any atom is 0.129 e. The first kappa shape index (κ1) is 12.5. The van der Waals surface area contributed by atoms with Crippen LogP contribution in [0.3, 0.4) is 0 Å². The summed E-state index contributed by atoms with van der Waals surface area (Å²) in [5.74, 6) is 0.160. The Bertz CT molecular complexity index is 327. The van der Waals surface area contributed by atoms with Gasteiger partial charge >= 0.3 is 0 Å². The molecule has 0 saturated heterocycles. The van der Waals surface area contributed by atoms with E-state index in [4.69, 9.17) is 11.6 Å². The molecule has 0 fully saturated rings. The second-order valence-electron chi connectivity index (χ2n) is 3.82. The maximum absolute atomic E-state index is 13.7. The molecular formula is C12H17ClFN. The minimum atomic E-state index is -0.234. The molecule has 0 radical (unpaired) electrons. The molecule has 1 N–H and O–H groups in total. The first-order chi connectivity index (χ1) is 7.10. The van der Waals surface area contributed by atoms with Gasteiger partial charge in [-0.05, 0) is 25.1 Å². The molecule has 1 nitrogen and oxygen atoms in total. The zero-order chi connectivity index (χ0) is 11.4. The van der Waals surface area contributed by atoms with Crippen molar-refractivity contribution in [3.8, 4) is 0 Å². The van der Waals surface area contributed by atoms with Crippen molar-refractivity contribution >= 4 is 11.6 Å². The second-order valence-corrected chi connectivity index (χ2v) is 4.25. The Balaban J connectivity index is 3.01. The highest BCUT2D eigenvalue weighted by Gasteiger charge is 2.19. The summed E-state index contributed by atoms with van der Waals surface area (Å²) in [4.78, 5) is 0. The number of hydrogen-bond acceptors (Lipinski definition) is 1. The topological polar surface area (TPSA) is 12.0 Å². The number of benzene rings is 1. The van der Waals surface area contributed by atoms with Crippen molar-refractivity contribution in [1.82, 2.24) is 5.32 Å². The van der Waals surface area contributed by atoms with E-state index in [0.29, 0.717) is 16.5 Å². The SMILES string of the molecule is CCC(C)C(NC)c1ccc(Cl)cc1F. The molecule has 2 unspecified atom stereocenters. The lowest BCUT2D eigenvalue weighted by Gasteiger charge is -2.23. The van der Waals surface area contributed by atoms with Gasteiger partial charge in [-0.25, -0.2) is 4.39 Å². The van der Waals surface area contributed by atoms with Crippen LogP contribution in [0.5, 0.6) is 0 Å². The highest BCUT2D eigenvalue weighted by Crippen LogP contribution is 2.27. The van der Waals surface area contributed by atoms with Gasteiger partial charge in [0.2, 0.25) is 0 Å². The van der Waals surface area contributed by atoms with E-state index in [9.17, 15) is 4.39 Å². The fraction of sp³-hybridized carbons (Fsp3) is 0.500. The van der Waals surface area contributed by atoms with Gasteiger partial charge in [-0.1, -0.05) is 37.9 Å². The van der Waals surface area contributed by atoms with E-state index in [1.165, 1.54) is 6.07 Å². The minimum Gasteiger partial charge on any atom is -0.313 e. The molecule has 1 aromatic carbocycles. The monoisotopic (exact) mass is 229 g/mol. The van der Waals surface area contributed by atoms with Gasteiger partial charge < -0.3 is 5.32 Å². The van der Waals surface area contributed by atoms with Crippen LogP contribution < -0.4 is 5.32 Å². The number of hydrogen-bond donors (Lipinski definition) is 1. The lowest BCUT2D eigenvalue weighted by atomic mass is 9.92. The molecule has 0 saturated carbocycles. The summed E-state index contributed by atoms with van der Waals surface area (Å²) in [6.07, 6.45) is 1.01. The van der Waals surface area contributed by atoms with Crippen molar-refractivity contribution in [2.75, 3.05) is 7.05 Å². The highest BCUT2D eigenvalue weighted by molar-refractivity contribution is 6.30. The first-order valence-corrected chi connectivity index (χ1v) is 5.60. The number of nitrogens with one attached hydrogen (secondary N) is 1. The van der Waals surface area contributed by atoms with Crippen molar-refractivity contribution < 1.29 is 4.39 Å². The minimum absolute atomic E-state index is 0.0484. The molecule has 0 heterocycles. The van der Waals surface area contributed by atoms with Gasteiger partial charge in [0.25, 0.3) is 0 Å². The van der Waals surface area contributed by atoms with Gasteiger partial charge in [-0.15, -0.1) is 0 Å². The molecular weight excluding hydrogens is 213 g/mol.